The van der Waals surface area contributed by atoms with Gasteiger partial charge in [-0.3, -0.25) is 4.79 Å². The summed E-state index contributed by atoms with van der Waals surface area (Å²) < 4.78 is 1.26. The van der Waals surface area contributed by atoms with E-state index in [1.54, 1.807) is 35.6 Å². The number of carbonyl (C=O) groups excluding carboxylic acids is 1. The van der Waals surface area contributed by atoms with E-state index in [9.17, 15) is 4.79 Å². The van der Waals surface area contributed by atoms with E-state index < -0.39 is 0 Å². The second-order valence-electron chi connectivity index (χ2n) is 3.55. The third kappa shape index (κ3) is 3.15. The number of carbonyl (C=O) groups is 1. The monoisotopic (exact) mass is 256 g/mol. The van der Waals surface area contributed by atoms with Gasteiger partial charge in [-0.15, -0.1) is 11.3 Å². The molecule has 3 nitrogen and oxygen atoms in total. The van der Waals surface area contributed by atoms with E-state index in [1.165, 1.54) is 4.70 Å². The highest BCUT2D eigenvalue weighted by Crippen LogP contribution is 2.15. The maximum absolute atomic E-state index is 10.4. The predicted octanol–water partition coefficient (Wildman–Crippen LogP) is 3.08. The number of primary amides is 1. The molecule has 3 aromatic rings. The number of para-hydroxylation sites is 1. The number of thiazole rings is 1. The first kappa shape index (κ1) is 12.3. The molecule has 0 atom stereocenters. The Bertz CT molecular complexity index is 604. The van der Waals surface area contributed by atoms with Gasteiger partial charge >= 0.3 is 0 Å². The van der Waals surface area contributed by atoms with Crippen LogP contribution < -0.4 is 5.73 Å². The van der Waals surface area contributed by atoms with E-state index in [1.807, 2.05) is 29.8 Å². The summed E-state index contributed by atoms with van der Waals surface area (Å²) in [6.07, 6.45) is 0. The molecule has 90 valence electrons. The fourth-order valence-electron chi connectivity index (χ4n) is 1.41. The molecular formula is C14H12N2OS. The Labute approximate surface area is 109 Å². The van der Waals surface area contributed by atoms with Crippen LogP contribution >= 0.6 is 11.3 Å². The zero-order valence-corrected chi connectivity index (χ0v) is 10.4. The number of nitrogens with two attached hydrogens (primary N) is 1. The lowest BCUT2D eigenvalue weighted by molar-refractivity contribution is 0.100. The van der Waals surface area contributed by atoms with Crippen LogP contribution in [0.4, 0.5) is 0 Å². The van der Waals surface area contributed by atoms with Crippen LogP contribution in [0.25, 0.3) is 10.2 Å². The highest BCUT2D eigenvalue weighted by atomic mass is 32.1. The number of fused-ring (bicyclic) bond motifs is 1. The molecule has 2 aromatic carbocycles. The van der Waals surface area contributed by atoms with Crippen LogP contribution in [-0.2, 0) is 0 Å². The van der Waals surface area contributed by atoms with Gasteiger partial charge in [0.1, 0.15) is 0 Å². The van der Waals surface area contributed by atoms with Gasteiger partial charge in [0.15, 0.2) is 0 Å². The number of amides is 1. The number of benzene rings is 2. The summed E-state index contributed by atoms with van der Waals surface area (Å²) in [6, 6.07) is 16.9. The van der Waals surface area contributed by atoms with Crippen molar-refractivity contribution in [1.29, 1.82) is 0 Å². The molecule has 18 heavy (non-hydrogen) atoms. The minimum absolute atomic E-state index is 0.379. The Balaban J connectivity index is 0.000000134. The third-order valence-electron chi connectivity index (χ3n) is 2.30. The molecule has 0 saturated carbocycles. The molecular weight excluding hydrogens is 244 g/mol. The molecule has 1 aromatic heterocycles. The van der Waals surface area contributed by atoms with Crippen molar-refractivity contribution in [1.82, 2.24) is 4.98 Å². The SMILES string of the molecule is NC(=O)c1ccccc1.c1ccc2scnc2c1. The average molecular weight is 256 g/mol. The van der Waals surface area contributed by atoms with E-state index in [0.29, 0.717) is 5.56 Å². The summed E-state index contributed by atoms with van der Waals surface area (Å²) in [4.78, 5) is 14.6. The molecule has 0 aliphatic rings. The van der Waals surface area contributed by atoms with E-state index >= 15 is 0 Å². The largest absolute Gasteiger partial charge is 0.366 e. The first-order valence-electron chi connectivity index (χ1n) is 5.40. The van der Waals surface area contributed by atoms with Crippen molar-refractivity contribution in [3.8, 4) is 0 Å². The van der Waals surface area contributed by atoms with Gasteiger partial charge in [0.25, 0.3) is 0 Å². The maximum Gasteiger partial charge on any atom is 0.248 e. The average Bonchev–Trinajstić information content (AvgIpc) is 2.89. The van der Waals surface area contributed by atoms with Crippen LogP contribution in [0.1, 0.15) is 10.4 Å². The van der Waals surface area contributed by atoms with Crippen molar-refractivity contribution in [2.45, 2.75) is 0 Å². The van der Waals surface area contributed by atoms with Gasteiger partial charge in [0.05, 0.1) is 15.7 Å². The van der Waals surface area contributed by atoms with Crippen molar-refractivity contribution in [2.75, 3.05) is 0 Å². The molecule has 3 rings (SSSR count). The molecule has 0 aliphatic heterocycles. The van der Waals surface area contributed by atoms with Crippen LogP contribution in [0, 0.1) is 0 Å². The maximum atomic E-state index is 10.4. The summed E-state index contributed by atoms with van der Waals surface area (Å²) >= 11 is 1.68. The first-order valence-corrected chi connectivity index (χ1v) is 6.28. The van der Waals surface area contributed by atoms with E-state index in [2.05, 4.69) is 11.1 Å². The summed E-state index contributed by atoms with van der Waals surface area (Å²) in [7, 11) is 0. The molecule has 0 bridgehead atoms. The first-order chi connectivity index (χ1) is 8.77. The summed E-state index contributed by atoms with van der Waals surface area (Å²) in [5.41, 5.74) is 8.49. The van der Waals surface area contributed by atoms with Crippen LogP contribution in [0.5, 0.6) is 0 Å². The normalized spacial score (nSPS) is 9.56. The zero-order valence-electron chi connectivity index (χ0n) is 9.61. The molecule has 0 spiro atoms. The molecule has 2 N–H and O–H groups in total. The van der Waals surface area contributed by atoms with E-state index in [0.717, 1.165) is 5.52 Å². The second-order valence-corrected chi connectivity index (χ2v) is 4.44. The summed E-state index contributed by atoms with van der Waals surface area (Å²) in [6.45, 7) is 0. The number of hydrogen-bond acceptors (Lipinski definition) is 3. The molecule has 1 heterocycles. The molecule has 1 amide bonds. The predicted molar refractivity (Wildman–Crippen MR) is 74.6 cm³/mol. The van der Waals surface area contributed by atoms with Crippen LogP contribution in [0.15, 0.2) is 60.1 Å². The van der Waals surface area contributed by atoms with E-state index in [-0.39, 0.29) is 5.91 Å². The minimum Gasteiger partial charge on any atom is -0.366 e. The Hall–Kier alpha value is -2.20. The molecule has 0 unspecified atom stereocenters. The molecule has 0 fully saturated rings. The van der Waals surface area contributed by atoms with Gasteiger partial charge in [-0.2, -0.15) is 0 Å². The van der Waals surface area contributed by atoms with Gasteiger partial charge in [0, 0.05) is 5.56 Å². The van der Waals surface area contributed by atoms with Crippen molar-refractivity contribution in [3.05, 3.63) is 65.7 Å². The number of rotatable bonds is 1. The second kappa shape index (κ2) is 5.93. The number of aromatic nitrogens is 1. The smallest absolute Gasteiger partial charge is 0.248 e. The molecule has 0 radical (unpaired) electrons. The lowest BCUT2D eigenvalue weighted by Gasteiger charge is -1.89. The van der Waals surface area contributed by atoms with Crippen molar-refractivity contribution < 1.29 is 4.79 Å². The molecule has 0 aliphatic carbocycles. The highest BCUT2D eigenvalue weighted by Gasteiger charge is 1.93. The van der Waals surface area contributed by atoms with Gasteiger partial charge in [-0.05, 0) is 24.3 Å². The van der Waals surface area contributed by atoms with Crippen molar-refractivity contribution in [2.24, 2.45) is 5.73 Å². The Morgan fingerprint density at radius 2 is 1.67 bits per heavy atom. The van der Waals surface area contributed by atoms with Gasteiger partial charge in [-0.1, -0.05) is 30.3 Å². The zero-order chi connectivity index (χ0) is 12.8. The quantitative estimate of drug-likeness (QED) is 0.727. The molecule has 0 saturated heterocycles. The fourth-order valence-corrected chi connectivity index (χ4v) is 2.08. The Kier molecular flexibility index (Phi) is 4.04. The number of nitrogens with zero attached hydrogens (tertiary/aromatic N) is 1. The Morgan fingerprint density at radius 3 is 2.28 bits per heavy atom. The Morgan fingerprint density at radius 1 is 1.00 bits per heavy atom. The van der Waals surface area contributed by atoms with Gasteiger partial charge in [-0.25, -0.2) is 4.98 Å². The lowest BCUT2D eigenvalue weighted by Crippen LogP contribution is -2.09. The van der Waals surface area contributed by atoms with E-state index in [4.69, 9.17) is 5.73 Å². The lowest BCUT2D eigenvalue weighted by atomic mass is 10.2. The molecule has 4 heteroatoms. The fraction of sp³-hybridized carbons (Fsp3) is 0. The topological polar surface area (TPSA) is 56.0 Å². The van der Waals surface area contributed by atoms with Crippen LogP contribution in [-0.4, -0.2) is 10.9 Å². The van der Waals surface area contributed by atoms with Crippen molar-refractivity contribution >= 4 is 27.5 Å². The highest BCUT2D eigenvalue weighted by molar-refractivity contribution is 7.16. The summed E-state index contributed by atoms with van der Waals surface area (Å²) in [5, 5.41) is 0. The number of hydrogen-bond donors (Lipinski definition) is 1. The minimum atomic E-state index is -0.379. The van der Waals surface area contributed by atoms with Gasteiger partial charge < -0.3 is 5.73 Å². The standard InChI is InChI=1S/C7H7NO.C7H5NS/c8-7(9)6-4-2-1-3-5-6;1-2-4-7-6(3-1)8-5-9-7/h1-5H,(H2,8,9);1-5H. The van der Waals surface area contributed by atoms with Crippen LogP contribution in [0.2, 0.25) is 0 Å². The van der Waals surface area contributed by atoms with Crippen molar-refractivity contribution in [3.63, 3.8) is 0 Å². The summed E-state index contributed by atoms with van der Waals surface area (Å²) in [5.74, 6) is -0.379. The third-order valence-corrected chi connectivity index (χ3v) is 3.10. The van der Waals surface area contributed by atoms with Crippen LogP contribution in [0.3, 0.4) is 0 Å². The van der Waals surface area contributed by atoms with Gasteiger partial charge in [0.2, 0.25) is 5.91 Å².